The van der Waals surface area contributed by atoms with Crippen LogP contribution in [0, 0.1) is 6.92 Å². The first-order valence-electron chi connectivity index (χ1n) is 7.97. The van der Waals surface area contributed by atoms with E-state index in [1.807, 2.05) is 19.1 Å². The van der Waals surface area contributed by atoms with Crippen LogP contribution in [0.5, 0.6) is 0 Å². The average molecular weight is 339 g/mol. The SMILES string of the molecule is Cc1ccc(NC(=O)CN(C)S(=O)(=O)N2CCCCCC2)cc1. The van der Waals surface area contributed by atoms with Gasteiger partial charge in [-0.1, -0.05) is 30.5 Å². The van der Waals surface area contributed by atoms with Crippen molar-refractivity contribution in [2.45, 2.75) is 32.6 Å². The maximum absolute atomic E-state index is 12.5. The highest BCUT2D eigenvalue weighted by molar-refractivity contribution is 7.86. The zero-order valence-electron chi connectivity index (χ0n) is 13.8. The molecule has 0 bridgehead atoms. The molecule has 0 radical (unpaired) electrons. The topological polar surface area (TPSA) is 69.7 Å². The Morgan fingerprint density at radius 3 is 2.26 bits per heavy atom. The van der Waals surface area contributed by atoms with Crippen molar-refractivity contribution in [1.82, 2.24) is 8.61 Å². The molecule has 7 heteroatoms. The molecule has 1 saturated heterocycles. The maximum Gasteiger partial charge on any atom is 0.282 e. The van der Waals surface area contributed by atoms with Gasteiger partial charge in [0.1, 0.15) is 0 Å². The molecule has 1 aromatic rings. The maximum atomic E-state index is 12.5. The van der Waals surface area contributed by atoms with Crippen LogP contribution in [0.2, 0.25) is 0 Å². The summed E-state index contributed by atoms with van der Waals surface area (Å²) in [4.78, 5) is 12.1. The summed E-state index contributed by atoms with van der Waals surface area (Å²) in [7, 11) is -2.12. The number of aryl methyl sites for hydroxylation is 1. The van der Waals surface area contributed by atoms with Crippen molar-refractivity contribution in [2.75, 3.05) is 32.0 Å². The number of anilines is 1. The first-order valence-corrected chi connectivity index (χ1v) is 9.37. The molecule has 0 aliphatic carbocycles. The summed E-state index contributed by atoms with van der Waals surface area (Å²) in [6, 6.07) is 7.40. The summed E-state index contributed by atoms with van der Waals surface area (Å²) in [5.41, 5.74) is 1.77. The molecule has 0 aromatic heterocycles. The zero-order valence-corrected chi connectivity index (χ0v) is 14.6. The number of nitrogens with one attached hydrogen (secondary N) is 1. The van der Waals surface area contributed by atoms with Crippen LogP contribution in [-0.2, 0) is 15.0 Å². The van der Waals surface area contributed by atoms with Crippen molar-refractivity contribution < 1.29 is 13.2 Å². The monoisotopic (exact) mass is 339 g/mol. The van der Waals surface area contributed by atoms with Gasteiger partial charge in [0.05, 0.1) is 6.54 Å². The van der Waals surface area contributed by atoms with Crippen molar-refractivity contribution in [1.29, 1.82) is 0 Å². The molecular weight excluding hydrogens is 314 g/mol. The van der Waals surface area contributed by atoms with Crippen LogP contribution in [0.25, 0.3) is 0 Å². The van der Waals surface area contributed by atoms with E-state index < -0.39 is 10.2 Å². The molecule has 0 spiro atoms. The standard InChI is InChI=1S/C16H25N3O3S/c1-14-7-9-15(10-8-14)17-16(20)13-18(2)23(21,22)19-11-5-3-4-6-12-19/h7-10H,3-6,11-13H2,1-2H3,(H,17,20). The number of likely N-dealkylation sites (N-methyl/N-ethyl adjacent to an activating group) is 1. The highest BCUT2D eigenvalue weighted by Gasteiger charge is 2.28. The van der Waals surface area contributed by atoms with E-state index in [0.29, 0.717) is 18.8 Å². The first kappa shape index (κ1) is 17.9. The molecule has 1 aliphatic heterocycles. The quantitative estimate of drug-likeness (QED) is 0.892. The number of rotatable bonds is 5. The lowest BCUT2D eigenvalue weighted by molar-refractivity contribution is -0.116. The largest absolute Gasteiger partial charge is 0.325 e. The van der Waals surface area contributed by atoms with Crippen LogP contribution in [0.1, 0.15) is 31.2 Å². The second kappa shape index (κ2) is 7.90. The van der Waals surface area contributed by atoms with Gasteiger partial charge in [0, 0.05) is 25.8 Å². The van der Waals surface area contributed by atoms with Crippen molar-refractivity contribution in [3.8, 4) is 0 Å². The van der Waals surface area contributed by atoms with E-state index in [4.69, 9.17) is 0 Å². The predicted octanol–water partition coefficient (Wildman–Crippen LogP) is 1.99. The van der Waals surface area contributed by atoms with E-state index in [1.54, 1.807) is 12.1 Å². The molecule has 1 aromatic carbocycles. The van der Waals surface area contributed by atoms with Crippen molar-refractivity contribution in [3.05, 3.63) is 29.8 Å². The molecule has 1 heterocycles. The lowest BCUT2D eigenvalue weighted by atomic mass is 10.2. The predicted molar refractivity (Wildman–Crippen MR) is 91.4 cm³/mol. The van der Waals surface area contributed by atoms with Crippen LogP contribution in [-0.4, -0.2) is 49.6 Å². The number of benzene rings is 1. The number of carbonyl (C=O) groups excluding carboxylic acids is 1. The summed E-state index contributed by atoms with van der Waals surface area (Å²) >= 11 is 0. The molecule has 6 nitrogen and oxygen atoms in total. The minimum atomic E-state index is -3.57. The Labute approximate surface area is 138 Å². The summed E-state index contributed by atoms with van der Waals surface area (Å²) in [5.74, 6) is -0.338. The van der Waals surface area contributed by atoms with E-state index in [1.165, 1.54) is 11.4 Å². The minimum absolute atomic E-state index is 0.188. The van der Waals surface area contributed by atoms with Crippen LogP contribution < -0.4 is 5.32 Å². The summed E-state index contributed by atoms with van der Waals surface area (Å²) < 4.78 is 27.7. The molecule has 23 heavy (non-hydrogen) atoms. The zero-order chi connectivity index (χ0) is 16.9. The van der Waals surface area contributed by atoms with Gasteiger partial charge in [0.15, 0.2) is 0 Å². The van der Waals surface area contributed by atoms with Crippen molar-refractivity contribution in [3.63, 3.8) is 0 Å². The molecule has 0 atom stereocenters. The Morgan fingerprint density at radius 1 is 1.13 bits per heavy atom. The second-order valence-electron chi connectivity index (χ2n) is 5.99. The van der Waals surface area contributed by atoms with Gasteiger partial charge >= 0.3 is 0 Å². The van der Waals surface area contributed by atoms with Crippen molar-refractivity contribution in [2.24, 2.45) is 0 Å². The Morgan fingerprint density at radius 2 is 1.70 bits per heavy atom. The van der Waals surface area contributed by atoms with E-state index >= 15 is 0 Å². The highest BCUT2D eigenvalue weighted by Crippen LogP contribution is 2.15. The Bertz CT molecular complexity index is 620. The number of hydrogen-bond donors (Lipinski definition) is 1. The molecule has 2 rings (SSSR count). The lowest BCUT2D eigenvalue weighted by Gasteiger charge is -2.26. The third-order valence-electron chi connectivity index (χ3n) is 3.99. The molecule has 1 N–H and O–H groups in total. The molecule has 1 fully saturated rings. The fourth-order valence-corrected chi connectivity index (χ4v) is 3.99. The first-order chi connectivity index (χ1) is 10.9. The number of nitrogens with zero attached hydrogens (tertiary/aromatic N) is 2. The Balaban J connectivity index is 1.94. The van der Waals surface area contributed by atoms with Gasteiger partial charge < -0.3 is 5.32 Å². The Hall–Kier alpha value is -1.44. The van der Waals surface area contributed by atoms with E-state index in [-0.39, 0.29) is 12.5 Å². The van der Waals surface area contributed by atoms with Gasteiger partial charge in [-0.05, 0) is 31.9 Å². The third-order valence-corrected chi connectivity index (χ3v) is 5.92. The fourth-order valence-electron chi connectivity index (χ4n) is 2.59. The summed E-state index contributed by atoms with van der Waals surface area (Å²) in [6.45, 7) is 2.85. The van der Waals surface area contributed by atoms with Crippen LogP contribution in [0.4, 0.5) is 5.69 Å². The molecule has 1 aliphatic rings. The average Bonchev–Trinajstić information content (AvgIpc) is 2.79. The molecule has 128 valence electrons. The summed E-state index contributed by atoms with van der Waals surface area (Å²) in [6.07, 6.45) is 3.87. The third kappa shape index (κ3) is 5.02. The van der Waals surface area contributed by atoms with Crippen LogP contribution >= 0.6 is 0 Å². The minimum Gasteiger partial charge on any atom is -0.325 e. The Kier molecular flexibility index (Phi) is 6.15. The van der Waals surface area contributed by atoms with E-state index in [2.05, 4.69) is 5.32 Å². The highest BCUT2D eigenvalue weighted by atomic mass is 32.2. The second-order valence-corrected chi connectivity index (χ2v) is 8.03. The van der Waals surface area contributed by atoms with Gasteiger partial charge in [0.25, 0.3) is 10.2 Å². The number of carbonyl (C=O) groups is 1. The molecule has 1 amide bonds. The summed E-state index contributed by atoms with van der Waals surface area (Å²) in [5, 5.41) is 2.72. The van der Waals surface area contributed by atoms with Gasteiger partial charge in [-0.3, -0.25) is 4.79 Å². The van der Waals surface area contributed by atoms with Crippen LogP contribution in [0.3, 0.4) is 0 Å². The normalized spacial score (nSPS) is 17.0. The smallest absolute Gasteiger partial charge is 0.282 e. The lowest BCUT2D eigenvalue weighted by Crippen LogP contribution is -2.45. The van der Waals surface area contributed by atoms with E-state index in [0.717, 1.165) is 35.6 Å². The van der Waals surface area contributed by atoms with Gasteiger partial charge in [-0.2, -0.15) is 17.0 Å². The van der Waals surface area contributed by atoms with Crippen LogP contribution in [0.15, 0.2) is 24.3 Å². The van der Waals surface area contributed by atoms with Crippen molar-refractivity contribution >= 4 is 21.8 Å². The van der Waals surface area contributed by atoms with Gasteiger partial charge in [-0.25, -0.2) is 0 Å². The molecular formula is C16H25N3O3S. The molecule has 0 unspecified atom stereocenters. The van der Waals surface area contributed by atoms with Gasteiger partial charge in [-0.15, -0.1) is 0 Å². The number of hydrogen-bond acceptors (Lipinski definition) is 3. The number of amides is 1. The van der Waals surface area contributed by atoms with Gasteiger partial charge in [0.2, 0.25) is 5.91 Å². The fraction of sp³-hybridized carbons (Fsp3) is 0.562. The molecule has 0 saturated carbocycles. The van der Waals surface area contributed by atoms with E-state index in [9.17, 15) is 13.2 Å².